The van der Waals surface area contributed by atoms with Crippen LogP contribution in [0, 0.1) is 5.41 Å². The average molecular weight is 494 g/mol. The highest BCUT2D eigenvalue weighted by atomic mass is 16.5. The van der Waals surface area contributed by atoms with Crippen molar-refractivity contribution in [3.63, 3.8) is 0 Å². The Morgan fingerprint density at radius 1 is 1.22 bits per heavy atom. The van der Waals surface area contributed by atoms with Crippen LogP contribution in [0.5, 0.6) is 5.88 Å². The zero-order valence-electron chi connectivity index (χ0n) is 20.3. The number of carbonyl (C=O) groups excluding carboxylic acids is 1. The highest BCUT2D eigenvalue weighted by Crippen LogP contribution is 2.21. The second kappa shape index (κ2) is 10.00. The molecule has 1 amide bonds. The van der Waals surface area contributed by atoms with Crippen LogP contribution in [0.4, 0.5) is 17.3 Å². The molecule has 4 rings (SSSR count). The monoisotopic (exact) mass is 493 g/mol. The van der Waals surface area contributed by atoms with Gasteiger partial charge in [-0.1, -0.05) is 13.8 Å². The maximum atomic E-state index is 13.1. The molecule has 4 N–H and O–H groups in total. The lowest BCUT2D eigenvalue weighted by Gasteiger charge is -2.21. The number of methoxy groups -OCH3 is 1. The summed E-state index contributed by atoms with van der Waals surface area (Å²) in [6.07, 6.45) is 3.00. The first-order valence-electron chi connectivity index (χ1n) is 11.1. The third-order valence-corrected chi connectivity index (χ3v) is 5.42. The quantitative estimate of drug-likeness (QED) is 0.267. The van der Waals surface area contributed by atoms with E-state index in [4.69, 9.17) is 4.74 Å². The van der Waals surface area contributed by atoms with Crippen molar-refractivity contribution in [2.75, 3.05) is 37.9 Å². The molecule has 0 aromatic carbocycles. The van der Waals surface area contributed by atoms with Gasteiger partial charge in [-0.3, -0.25) is 14.2 Å². The van der Waals surface area contributed by atoms with E-state index in [1.54, 1.807) is 43.6 Å². The van der Waals surface area contributed by atoms with E-state index >= 15 is 0 Å². The van der Waals surface area contributed by atoms with Crippen molar-refractivity contribution in [3.05, 3.63) is 58.6 Å². The van der Waals surface area contributed by atoms with Gasteiger partial charge >= 0.3 is 0 Å². The van der Waals surface area contributed by atoms with E-state index in [0.717, 1.165) is 0 Å². The summed E-state index contributed by atoms with van der Waals surface area (Å²) in [6, 6.07) is 8.20. The standard InChI is InChI=1S/C23H27N9O4/c1-23(2,13-33)12-25-21(34)14-11-26-32-18(24-3)10-16(28-20(14)32)27-15-6-5-9-31(22(15)35)17-7-8-19(36-4)30-29-17/h5-11,24,33H,12-13H2,1-4H3,(H,25,34)(H,27,28). The van der Waals surface area contributed by atoms with Crippen molar-refractivity contribution >= 4 is 28.9 Å². The van der Waals surface area contributed by atoms with E-state index in [0.29, 0.717) is 29.0 Å². The summed E-state index contributed by atoms with van der Waals surface area (Å²) in [5.41, 5.74) is -0.0634. The van der Waals surface area contributed by atoms with E-state index < -0.39 is 5.41 Å². The van der Waals surface area contributed by atoms with Gasteiger partial charge in [0.15, 0.2) is 11.5 Å². The lowest BCUT2D eigenvalue weighted by atomic mass is 9.95. The number of anilines is 3. The molecule has 0 unspecified atom stereocenters. The van der Waals surface area contributed by atoms with E-state index in [-0.39, 0.29) is 35.9 Å². The Morgan fingerprint density at radius 3 is 2.69 bits per heavy atom. The molecule has 0 saturated heterocycles. The van der Waals surface area contributed by atoms with Gasteiger partial charge in [0.25, 0.3) is 11.5 Å². The number of aliphatic hydroxyl groups excluding tert-OH is 1. The highest BCUT2D eigenvalue weighted by molar-refractivity contribution is 6.00. The molecule has 188 valence electrons. The van der Waals surface area contributed by atoms with Gasteiger partial charge < -0.3 is 25.8 Å². The topological polar surface area (TPSA) is 161 Å². The summed E-state index contributed by atoms with van der Waals surface area (Å²) in [7, 11) is 3.19. The Hall–Kier alpha value is -4.52. The second-order valence-electron chi connectivity index (χ2n) is 8.73. The summed E-state index contributed by atoms with van der Waals surface area (Å²) in [4.78, 5) is 30.5. The van der Waals surface area contributed by atoms with Crippen molar-refractivity contribution < 1.29 is 14.6 Å². The van der Waals surface area contributed by atoms with Crippen LogP contribution in [0.1, 0.15) is 24.2 Å². The normalized spacial score (nSPS) is 11.4. The number of hydrogen-bond donors (Lipinski definition) is 4. The number of carbonyl (C=O) groups is 1. The summed E-state index contributed by atoms with van der Waals surface area (Å²) < 4.78 is 7.85. The lowest BCUT2D eigenvalue weighted by molar-refractivity contribution is 0.0912. The lowest BCUT2D eigenvalue weighted by Crippen LogP contribution is -2.36. The minimum atomic E-state index is -0.476. The van der Waals surface area contributed by atoms with Gasteiger partial charge in [0.2, 0.25) is 5.88 Å². The minimum Gasteiger partial charge on any atom is -0.480 e. The average Bonchev–Trinajstić information content (AvgIpc) is 3.32. The molecule has 13 heteroatoms. The van der Waals surface area contributed by atoms with Gasteiger partial charge in [0, 0.05) is 43.9 Å². The van der Waals surface area contributed by atoms with Crippen LogP contribution >= 0.6 is 0 Å². The van der Waals surface area contributed by atoms with E-state index in [1.165, 1.54) is 22.4 Å². The summed E-state index contributed by atoms with van der Waals surface area (Å²) in [6.45, 7) is 3.88. The SMILES string of the molecule is CNc1cc(Nc2cccn(-c3ccc(OC)nn3)c2=O)nc2c(C(=O)NCC(C)(C)CO)cnn12. The molecule has 4 aromatic rings. The molecule has 0 aliphatic heterocycles. The Balaban J connectivity index is 1.67. The predicted molar refractivity (Wildman–Crippen MR) is 133 cm³/mol. The molecule has 0 aliphatic carbocycles. The molecule has 36 heavy (non-hydrogen) atoms. The fourth-order valence-electron chi connectivity index (χ4n) is 3.29. The number of pyridine rings is 1. The molecular weight excluding hydrogens is 466 g/mol. The number of rotatable bonds is 9. The Labute approximate surface area is 206 Å². The molecule has 0 spiro atoms. The minimum absolute atomic E-state index is 0.0744. The first kappa shape index (κ1) is 24.6. The summed E-state index contributed by atoms with van der Waals surface area (Å²) >= 11 is 0. The van der Waals surface area contributed by atoms with Gasteiger partial charge in [-0.2, -0.15) is 9.61 Å². The smallest absolute Gasteiger partial charge is 0.280 e. The van der Waals surface area contributed by atoms with Crippen molar-refractivity contribution in [1.82, 2.24) is 34.7 Å². The van der Waals surface area contributed by atoms with Gasteiger partial charge in [-0.15, -0.1) is 10.2 Å². The first-order chi connectivity index (χ1) is 17.3. The fourth-order valence-corrected chi connectivity index (χ4v) is 3.29. The van der Waals surface area contributed by atoms with E-state index in [9.17, 15) is 14.7 Å². The third-order valence-electron chi connectivity index (χ3n) is 5.42. The predicted octanol–water partition coefficient (Wildman–Crippen LogP) is 1.21. The van der Waals surface area contributed by atoms with Gasteiger partial charge in [-0.05, 0) is 18.2 Å². The van der Waals surface area contributed by atoms with E-state index in [1.807, 2.05) is 13.8 Å². The Morgan fingerprint density at radius 2 is 2.03 bits per heavy atom. The molecular formula is C23H27N9O4. The van der Waals surface area contributed by atoms with Gasteiger partial charge in [0.1, 0.15) is 22.9 Å². The molecule has 0 fully saturated rings. The van der Waals surface area contributed by atoms with Crippen molar-refractivity contribution in [2.24, 2.45) is 5.41 Å². The highest BCUT2D eigenvalue weighted by Gasteiger charge is 2.21. The number of hydrogen-bond acceptors (Lipinski definition) is 10. The second-order valence-corrected chi connectivity index (χ2v) is 8.73. The van der Waals surface area contributed by atoms with Crippen molar-refractivity contribution in [2.45, 2.75) is 13.8 Å². The maximum Gasteiger partial charge on any atom is 0.280 e. The van der Waals surface area contributed by atoms with Crippen LogP contribution in [0.25, 0.3) is 11.5 Å². The number of aliphatic hydroxyl groups is 1. The number of amides is 1. The van der Waals surface area contributed by atoms with Crippen LogP contribution in [0.2, 0.25) is 0 Å². The maximum absolute atomic E-state index is 13.1. The largest absolute Gasteiger partial charge is 0.480 e. The fraction of sp³-hybridized carbons (Fsp3) is 0.304. The number of ether oxygens (including phenoxy) is 1. The third kappa shape index (κ3) is 4.95. The van der Waals surface area contributed by atoms with Crippen LogP contribution in [0.15, 0.2) is 47.5 Å². The molecule has 0 bridgehead atoms. The molecule has 0 radical (unpaired) electrons. The van der Waals surface area contributed by atoms with E-state index in [2.05, 4.69) is 36.2 Å². The van der Waals surface area contributed by atoms with Crippen molar-refractivity contribution in [3.8, 4) is 11.7 Å². The molecule has 13 nitrogen and oxygen atoms in total. The molecule has 0 atom stereocenters. The number of nitrogens with zero attached hydrogens (tertiary/aromatic N) is 6. The Kier molecular flexibility index (Phi) is 6.83. The van der Waals surface area contributed by atoms with Crippen LogP contribution in [-0.2, 0) is 0 Å². The zero-order chi connectivity index (χ0) is 25.9. The summed E-state index contributed by atoms with van der Waals surface area (Å²) in [5, 5.41) is 30.5. The van der Waals surface area contributed by atoms with Gasteiger partial charge in [0.05, 0.1) is 13.3 Å². The number of fused-ring (bicyclic) bond motifs is 1. The summed E-state index contributed by atoms with van der Waals surface area (Å²) in [5.74, 6) is 1.16. The van der Waals surface area contributed by atoms with Crippen LogP contribution in [0.3, 0.4) is 0 Å². The Bertz CT molecular complexity index is 1440. The molecule has 4 aromatic heterocycles. The van der Waals surface area contributed by atoms with Gasteiger partial charge in [-0.25, -0.2) is 4.98 Å². The number of aromatic nitrogens is 6. The molecule has 0 saturated carbocycles. The zero-order valence-corrected chi connectivity index (χ0v) is 20.3. The first-order valence-corrected chi connectivity index (χ1v) is 11.1. The molecule has 0 aliphatic rings. The van der Waals surface area contributed by atoms with Crippen LogP contribution in [-0.4, -0.2) is 67.7 Å². The number of nitrogens with one attached hydrogen (secondary N) is 3. The van der Waals surface area contributed by atoms with Crippen LogP contribution < -0.4 is 26.2 Å². The van der Waals surface area contributed by atoms with Crippen molar-refractivity contribution in [1.29, 1.82) is 0 Å². The molecule has 4 heterocycles.